The lowest BCUT2D eigenvalue weighted by atomic mass is 10.3. The van der Waals surface area contributed by atoms with Gasteiger partial charge in [0.25, 0.3) is 0 Å². The van der Waals surface area contributed by atoms with Gasteiger partial charge in [-0.25, -0.2) is 13.1 Å². The Hall–Kier alpha value is -0.430. The van der Waals surface area contributed by atoms with Crippen LogP contribution in [0.25, 0.3) is 0 Å². The molecular weight excluding hydrogens is 280 g/mol. The summed E-state index contributed by atoms with van der Waals surface area (Å²) < 4.78 is 26.1. The Morgan fingerprint density at radius 2 is 2.05 bits per heavy atom. The van der Waals surface area contributed by atoms with Crippen molar-refractivity contribution in [2.75, 3.05) is 25.4 Å². The molecule has 0 amide bonds. The number of unbranched alkanes of at least 4 members (excludes halogenated alkanes) is 1. The molecule has 2 N–H and O–H groups in total. The first-order valence-electron chi connectivity index (χ1n) is 6.84. The van der Waals surface area contributed by atoms with E-state index < -0.39 is 10.0 Å². The van der Waals surface area contributed by atoms with Gasteiger partial charge in [0, 0.05) is 11.4 Å². The number of hydrogen-bond donors (Lipinski definition) is 2. The van der Waals surface area contributed by atoms with Gasteiger partial charge in [-0.05, 0) is 50.2 Å². The fourth-order valence-corrected chi connectivity index (χ4v) is 3.55. The molecule has 4 nitrogen and oxygen atoms in total. The molecule has 110 valence electrons. The number of sulfonamides is 1. The van der Waals surface area contributed by atoms with Gasteiger partial charge in [-0.3, -0.25) is 0 Å². The normalized spacial score (nSPS) is 11.8. The summed E-state index contributed by atoms with van der Waals surface area (Å²) in [6.45, 7) is 4.52. The van der Waals surface area contributed by atoms with E-state index in [1.165, 1.54) is 4.88 Å². The van der Waals surface area contributed by atoms with E-state index in [0.29, 0.717) is 13.0 Å². The van der Waals surface area contributed by atoms with Crippen LogP contribution in [0.5, 0.6) is 0 Å². The van der Waals surface area contributed by atoms with E-state index in [-0.39, 0.29) is 5.75 Å². The summed E-state index contributed by atoms with van der Waals surface area (Å²) in [5, 5.41) is 5.28. The number of thiophene rings is 1. The lowest BCUT2D eigenvalue weighted by Crippen LogP contribution is -2.28. The van der Waals surface area contributed by atoms with Gasteiger partial charge in [-0.2, -0.15) is 0 Å². The maximum absolute atomic E-state index is 11.7. The smallest absolute Gasteiger partial charge is 0.211 e. The predicted molar refractivity (Wildman–Crippen MR) is 82.2 cm³/mol. The Morgan fingerprint density at radius 3 is 2.74 bits per heavy atom. The van der Waals surface area contributed by atoms with E-state index in [0.717, 1.165) is 32.4 Å². The molecule has 0 aliphatic rings. The average molecular weight is 304 g/mol. The summed E-state index contributed by atoms with van der Waals surface area (Å²) in [5.41, 5.74) is 0. The van der Waals surface area contributed by atoms with Crippen molar-refractivity contribution in [3.63, 3.8) is 0 Å². The molecule has 1 aromatic rings. The van der Waals surface area contributed by atoms with Gasteiger partial charge in [0.2, 0.25) is 10.0 Å². The number of nitrogens with one attached hydrogen (secondary N) is 2. The Kier molecular flexibility index (Phi) is 8.29. The van der Waals surface area contributed by atoms with Crippen molar-refractivity contribution in [1.29, 1.82) is 0 Å². The molecule has 1 heterocycles. The fraction of sp³-hybridized carbons (Fsp3) is 0.692. The second kappa shape index (κ2) is 9.47. The predicted octanol–water partition coefficient (Wildman–Crippen LogP) is 1.99. The van der Waals surface area contributed by atoms with Crippen LogP contribution in [0.3, 0.4) is 0 Å². The molecule has 0 aromatic carbocycles. The van der Waals surface area contributed by atoms with Crippen LogP contribution in [-0.2, 0) is 16.4 Å². The molecule has 0 bridgehead atoms. The third-order valence-electron chi connectivity index (χ3n) is 2.72. The first-order valence-corrected chi connectivity index (χ1v) is 9.37. The van der Waals surface area contributed by atoms with Gasteiger partial charge in [0.1, 0.15) is 0 Å². The molecule has 0 aliphatic heterocycles. The highest BCUT2D eigenvalue weighted by molar-refractivity contribution is 7.89. The van der Waals surface area contributed by atoms with E-state index in [2.05, 4.69) is 17.0 Å². The third-order valence-corrected chi connectivity index (χ3v) is 5.12. The zero-order valence-electron chi connectivity index (χ0n) is 11.5. The van der Waals surface area contributed by atoms with E-state index in [9.17, 15) is 8.42 Å². The summed E-state index contributed by atoms with van der Waals surface area (Å²) in [6, 6.07) is 4.01. The molecule has 6 heteroatoms. The minimum Gasteiger partial charge on any atom is -0.317 e. The summed E-state index contributed by atoms with van der Waals surface area (Å²) in [4.78, 5) is 1.21. The minimum absolute atomic E-state index is 0.227. The minimum atomic E-state index is -3.10. The first kappa shape index (κ1) is 16.6. The van der Waals surface area contributed by atoms with Crippen molar-refractivity contribution in [3.05, 3.63) is 22.4 Å². The fourth-order valence-electron chi connectivity index (χ4n) is 1.70. The van der Waals surface area contributed by atoms with Crippen molar-refractivity contribution >= 4 is 21.4 Å². The topological polar surface area (TPSA) is 58.2 Å². The van der Waals surface area contributed by atoms with Crippen LogP contribution in [0.2, 0.25) is 0 Å². The van der Waals surface area contributed by atoms with E-state index >= 15 is 0 Å². The van der Waals surface area contributed by atoms with Gasteiger partial charge >= 0.3 is 0 Å². The van der Waals surface area contributed by atoms with Crippen molar-refractivity contribution in [3.8, 4) is 0 Å². The molecule has 0 spiro atoms. The van der Waals surface area contributed by atoms with Crippen LogP contribution in [0.4, 0.5) is 0 Å². The van der Waals surface area contributed by atoms with Crippen LogP contribution >= 0.6 is 11.3 Å². The van der Waals surface area contributed by atoms with E-state index in [1.54, 1.807) is 11.3 Å². The second-order valence-corrected chi connectivity index (χ2v) is 7.46. The maximum Gasteiger partial charge on any atom is 0.211 e. The first-order chi connectivity index (χ1) is 9.14. The zero-order chi connectivity index (χ0) is 14.0. The van der Waals surface area contributed by atoms with Gasteiger partial charge in [-0.15, -0.1) is 11.3 Å². The van der Waals surface area contributed by atoms with Crippen molar-refractivity contribution < 1.29 is 8.42 Å². The molecule has 19 heavy (non-hydrogen) atoms. The molecule has 1 rings (SSSR count). The number of rotatable bonds is 11. The molecule has 0 unspecified atom stereocenters. The lowest BCUT2D eigenvalue weighted by Gasteiger charge is -2.06. The molecule has 0 fully saturated rings. The maximum atomic E-state index is 11.7. The number of hydrogen-bond acceptors (Lipinski definition) is 4. The van der Waals surface area contributed by atoms with Gasteiger partial charge < -0.3 is 5.32 Å². The largest absolute Gasteiger partial charge is 0.317 e. The molecule has 0 saturated heterocycles. The molecule has 0 radical (unpaired) electrons. The third kappa shape index (κ3) is 8.36. The average Bonchev–Trinajstić information content (AvgIpc) is 2.86. The second-order valence-electron chi connectivity index (χ2n) is 4.50. The molecule has 1 aromatic heterocycles. The Balaban J connectivity index is 2.07. The highest BCUT2D eigenvalue weighted by Crippen LogP contribution is 2.08. The Bertz CT molecular complexity index is 416. The summed E-state index contributed by atoms with van der Waals surface area (Å²) in [6.07, 6.45) is 3.51. The quantitative estimate of drug-likeness (QED) is 0.615. The van der Waals surface area contributed by atoms with Crippen LogP contribution in [0, 0.1) is 0 Å². The molecule has 0 saturated carbocycles. The van der Waals surface area contributed by atoms with Crippen molar-refractivity contribution in [2.24, 2.45) is 0 Å². The molecular formula is C13H24N2O2S2. The van der Waals surface area contributed by atoms with Crippen molar-refractivity contribution in [1.82, 2.24) is 10.0 Å². The molecule has 0 atom stereocenters. The van der Waals surface area contributed by atoms with Crippen LogP contribution in [0.1, 0.15) is 31.1 Å². The molecule has 0 aliphatic carbocycles. The van der Waals surface area contributed by atoms with Gasteiger partial charge in [0.05, 0.1) is 5.75 Å². The summed E-state index contributed by atoms with van der Waals surface area (Å²) in [7, 11) is -3.10. The van der Waals surface area contributed by atoms with Crippen molar-refractivity contribution in [2.45, 2.75) is 32.6 Å². The SMILES string of the molecule is CCCNCCCCS(=O)(=O)NCCc1cccs1. The zero-order valence-corrected chi connectivity index (χ0v) is 13.2. The van der Waals surface area contributed by atoms with Gasteiger partial charge in [0.15, 0.2) is 0 Å². The van der Waals surface area contributed by atoms with E-state index in [4.69, 9.17) is 0 Å². The monoisotopic (exact) mass is 304 g/mol. The Morgan fingerprint density at radius 1 is 1.21 bits per heavy atom. The lowest BCUT2D eigenvalue weighted by molar-refractivity contribution is 0.573. The summed E-state index contributed by atoms with van der Waals surface area (Å²) in [5.74, 6) is 0.227. The van der Waals surface area contributed by atoms with Gasteiger partial charge in [-0.1, -0.05) is 13.0 Å². The van der Waals surface area contributed by atoms with Crippen LogP contribution in [-0.4, -0.2) is 33.8 Å². The Labute approximate surface area is 120 Å². The van der Waals surface area contributed by atoms with Crippen LogP contribution in [0.15, 0.2) is 17.5 Å². The standard InChI is InChI=1S/C13H24N2O2S2/c1-2-8-14-9-3-4-12-19(16,17)15-10-7-13-6-5-11-18-13/h5-6,11,14-15H,2-4,7-10,12H2,1H3. The highest BCUT2D eigenvalue weighted by Gasteiger charge is 2.08. The van der Waals surface area contributed by atoms with Crippen LogP contribution < -0.4 is 10.0 Å². The summed E-state index contributed by atoms with van der Waals surface area (Å²) >= 11 is 1.66. The van der Waals surface area contributed by atoms with E-state index in [1.807, 2.05) is 17.5 Å². The highest BCUT2D eigenvalue weighted by atomic mass is 32.2.